The molecule has 110 valence electrons. The first-order valence-corrected chi connectivity index (χ1v) is 7.80. The maximum atomic E-state index is 11.1. The highest BCUT2D eigenvalue weighted by molar-refractivity contribution is 5.54. The summed E-state index contributed by atoms with van der Waals surface area (Å²) in [5.74, 6) is 0.317. The van der Waals surface area contributed by atoms with E-state index in [1.807, 2.05) is 18.2 Å². The molecule has 3 rings (SSSR count). The molecule has 0 radical (unpaired) electrons. The van der Waals surface area contributed by atoms with Gasteiger partial charge in [0.05, 0.1) is 5.60 Å². The standard InChI is InChI=1S/C19H23NO/c1-15-8-7-13-19(15,21)17-11-5-6-12-18(17)20-14-16-9-3-2-4-10-16/h2-6,9-12,15,20-21H,7-8,13-14H2,1H3/t15-,19-/m1/s1. The van der Waals surface area contributed by atoms with Crippen LogP contribution in [0.1, 0.15) is 37.3 Å². The summed E-state index contributed by atoms with van der Waals surface area (Å²) in [6.45, 7) is 2.93. The third-order valence-corrected chi connectivity index (χ3v) is 4.73. The van der Waals surface area contributed by atoms with Crippen LogP contribution in [-0.2, 0) is 12.1 Å². The Bertz CT molecular complexity index is 596. The molecule has 2 atom stereocenters. The Balaban J connectivity index is 1.83. The van der Waals surface area contributed by atoms with Crippen molar-refractivity contribution in [1.29, 1.82) is 0 Å². The van der Waals surface area contributed by atoms with Crippen LogP contribution in [0.4, 0.5) is 5.69 Å². The van der Waals surface area contributed by atoms with Crippen molar-refractivity contribution in [2.45, 2.75) is 38.3 Å². The zero-order valence-electron chi connectivity index (χ0n) is 12.5. The van der Waals surface area contributed by atoms with Gasteiger partial charge in [-0.05, 0) is 36.8 Å². The predicted octanol–water partition coefficient (Wildman–Crippen LogP) is 4.31. The minimum absolute atomic E-state index is 0.317. The van der Waals surface area contributed by atoms with Crippen molar-refractivity contribution in [3.8, 4) is 0 Å². The van der Waals surface area contributed by atoms with Crippen molar-refractivity contribution in [2.75, 3.05) is 5.32 Å². The highest BCUT2D eigenvalue weighted by atomic mass is 16.3. The van der Waals surface area contributed by atoms with Gasteiger partial charge in [-0.15, -0.1) is 0 Å². The first-order valence-electron chi connectivity index (χ1n) is 7.80. The Morgan fingerprint density at radius 1 is 1.10 bits per heavy atom. The number of nitrogens with one attached hydrogen (secondary N) is 1. The molecule has 1 aliphatic carbocycles. The van der Waals surface area contributed by atoms with Gasteiger partial charge in [0, 0.05) is 17.8 Å². The quantitative estimate of drug-likeness (QED) is 0.875. The van der Waals surface area contributed by atoms with Gasteiger partial charge in [-0.2, -0.15) is 0 Å². The van der Waals surface area contributed by atoms with E-state index in [-0.39, 0.29) is 0 Å². The van der Waals surface area contributed by atoms with Crippen LogP contribution < -0.4 is 5.32 Å². The number of aliphatic hydroxyl groups is 1. The lowest BCUT2D eigenvalue weighted by Crippen LogP contribution is -2.29. The number of rotatable bonds is 4. The average Bonchev–Trinajstić information content (AvgIpc) is 2.87. The second-order valence-corrected chi connectivity index (χ2v) is 6.10. The van der Waals surface area contributed by atoms with Crippen LogP contribution in [-0.4, -0.2) is 5.11 Å². The van der Waals surface area contributed by atoms with Gasteiger partial charge in [0.25, 0.3) is 0 Å². The summed E-state index contributed by atoms with van der Waals surface area (Å²) in [5, 5.41) is 14.6. The lowest BCUT2D eigenvalue weighted by molar-refractivity contribution is 0.00515. The molecule has 21 heavy (non-hydrogen) atoms. The van der Waals surface area contributed by atoms with Crippen LogP contribution in [0.3, 0.4) is 0 Å². The van der Waals surface area contributed by atoms with Gasteiger partial charge in [0.1, 0.15) is 0 Å². The zero-order chi connectivity index (χ0) is 14.7. The van der Waals surface area contributed by atoms with E-state index in [1.165, 1.54) is 5.56 Å². The Morgan fingerprint density at radius 2 is 1.81 bits per heavy atom. The highest BCUT2D eigenvalue weighted by Gasteiger charge is 2.41. The molecular formula is C19H23NO. The molecule has 2 heteroatoms. The molecule has 2 N–H and O–H groups in total. The van der Waals surface area contributed by atoms with Gasteiger partial charge >= 0.3 is 0 Å². The molecule has 1 saturated carbocycles. The molecule has 1 aliphatic rings. The molecule has 0 aromatic heterocycles. The van der Waals surface area contributed by atoms with Crippen LogP contribution in [0.5, 0.6) is 0 Å². The zero-order valence-corrected chi connectivity index (χ0v) is 12.5. The molecule has 0 spiro atoms. The second kappa shape index (κ2) is 5.90. The van der Waals surface area contributed by atoms with E-state index in [9.17, 15) is 5.11 Å². The molecule has 0 heterocycles. The van der Waals surface area contributed by atoms with E-state index in [4.69, 9.17) is 0 Å². The molecule has 2 aromatic carbocycles. The van der Waals surface area contributed by atoms with Crippen molar-refractivity contribution in [3.05, 3.63) is 65.7 Å². The smallest absolute Gasteiger partial charge is 0.0941 e. The van der Waals surface area contributed by atoms with E-state index >= 15 is 0 Å². The van der Waals surface area contributed by atoms with Gasteiger partial charge in [-0.1, -0.05) is 55.5 Å². The summed E-state index contributed by atoms with van der Waals surface area (Å²) >= 11 is 0. The summed E-state index contributed by atoms with van der Waals surface area (Å²) < 4.78 is 0. The van der Waals surface area contributed by atoms with Crippen molar-refractivity contribution < 1.29 is 5.11 Å². The van der Waals surface area contributed by atoms with Crippen LogP contribution in [0.15, 0.2) is 54.6 Å². The van der Waals surface area contributed by atoms with Crippen LogP contribution in [0, 0.1) is 5.92 Å². The first kappa shape index (κ1) is 14.2. The Kier molecular flexibility index (Phi) is 3.98. The predicted molar refractivity (Wildman–Crippen MR) is 87.1 cm³/mol. The number of benzene rings is 2. The number of hydrogen-bond donors (Lipinski definition) is 2. The Morgan fingerprint density at radius 3 is 2.52 bits per heavy atom. The minimum atomic E-state index is -0.680. The molecule has 2 aromatic rings. The summed E-state index contributed by atoms with van der Waals surface area (Å²) in [4.78, 5) is 0. The van der Waals surface area contributed by atoms with Crippen molar-refractivity contribution in [1.82, 2.24) is 0 Å². The molecule has 0 aliphatic heterocycles. The van der Waals surface area contributed by atoms with Gasteiger partial charge in [0.15, 0.2) is 0 Å². The summed E-state index contributed by atoms with van der Waals surface area (Å²) in [5.41, 5.74) is 2.67. The van der Waals surface area contributed by atoms with Gasteiger partial charge in [-0.25, -0.2) is 0 Å². The molecule has 1 fully saturated rings. The van der Waals surface area contributed by atoms with E-state index in [0.717, 1.165) is 37.1 Å². The summed E-state index contributed by atoms with van der Waals surface area (Å²) in [6, 6.07) is 18.5. The molecule has 0 saturated heterocycles. The minimum Gasteiger partial charge on any atom is -0.385 e. The molecule has 2 nitrogen and oxygen atoms in total. The maximum Gasteiger partial charge on any atom is 0.0941 e. The number of hydrogen-bond acceptors (Lipinski definition) is 2. The fourth-order valence-corrected chi connectivity index (χ4v) is 3.37. The largest absolute Gasteiger partial charge is 0.385 e. The lowest BCUT2D eigenvalue weighted by Gasteiger charge is -2.30. The topological polar surface area (TPSA) is 32.3 Å². The average molecular weight is 281 g/mol. The monoisotopic (exact) mass is 281 g/mol. The van der Waals surface area contributed by atoms with E-state index < -0.39 is 5.60 Å². The van der Waals surface area contributed by atoms with Crippen molar-refractivity contribution in [2.24, 2.45) is 5.92 Å². The summed E-state index contributed by atoms with van der Waals surface area (Å²) in [7, 11) is 0. The normalized spacial score (nSPS) is 25.0. The SMILES string of the molecule is C[C@@H]1CCC[C@]1(O)c1ccccc1NCc1ccccc1. The Hall–Kier alpha value is -1.80. The second-order valence-electron chi connectivity index (χ2n) is 6.10. The van der Waals surface area contributed by atoms with Crippen LogP contribution in [0.25, 0.3) is 0 Å². The first-order chi connectivity index (χ1) is 10.2. The summed E-state index contributed by atoms with van der Waals surface area (Å²) in [6.07, 6.45) is 3.06. The van der Waals surface area contributed by atoms with E-state index in [1.54, 1.807) is 0 Å². The third kappa shape index (κ3) is 2.81. The number of anilines is 1. The fourth-order valence-electron chi connectivity index (χ4n) is 3.37. The van der Waals surface area contributed by atoms with Crippen molar-refractivity contribution >= 4 is 5.69 Å². The third-order valence-electron chi connectivity index (χ3n) is 4.73. The van der Waals surface area contributed by atoms with Crippen molar-refractivity contribution in [3.63, 3.8) is 0 Å². The maximum absolute atomic E-state index is 11.1. The van der Waals surface area contributed by atoms with E-state index in [0.29, 0.717) is 5.92 Å². The van der Waals surface area contributed by atoms with Gasteiger partial charge in [-0.3, -0.25) is 0 Å². The number of para-hydroxylation sites is 1. The fraction of sp³-hybridized carbons (Fsp3) is 0.368. The van der Waals surface area contributed by atoms with Crippen LogP contribution in [0.2, 0.25) is 0 Å². The highest BCUT2D eigenvalue weighted by Crippen LogP contribution is 2.45. The van der Waals surface area contributed by atoms with Gasteiger partial charge in [0.2, 0.25) is 0 Å². The van der Waals surface area contributed by atoms with Gasteiger partial charge < -0.3 is 10.4 Å². The lowest BCUT2D eigenvalue weighted by atomic mass is 9.84. The Labute approximate surface area is 126 Å². The molecular weight excluding hydrogens is 258 g/mol. The molecule has 0 bridgehead atoms. The van der Waals surface area contributed by atoms with E-state index in [2.05, 4.69) is 48.6 Å². The molecule has 0 amide bonds. The molecule has 0 unspecified atom stereocenters. The van der Waals surface area contributed by atoms with Crippen LogP contribution >= 0.6 is 0 Å².